The lowest BCUT2D eigenvalue weighted by Gasteiger charge is -2.23. The molecule has 1 aliphatic rings. The Morgan fingerprint density at radius 1 is 1.50 bits per heavy atom. The maximum atomic E-state index is 12.3. The van der Waals surface area contributed by atoms with Crippen LogP contribution in [-0.2, 0) is 11.3 Å². The summed E-state index contributed by atoms with van der Waals surface area (Å²) < 4.78 is 0. The first-order valence-electron chi connectivity index (χ1n) is 6.31. The number of aromatic hydroxyl groups is 1. The minimum Gasteiger partial charge on any atom is -0.508 e. The van der Waals surface area contributed by atoms with E-state index in [4.69, 9.17) is 0 Å². The first kappa shape index (κ1) is 12.9. The Bertz CT molecular complexity index is 434. The molecule has 1 aromatic carbocycles. The molecule has 98 valence electrons. The zero-order valence-electron chi connectivity index (χ0n) is 10.9. The van der Waals surface area contributed by atoms with E-state index in [-0.39, 0.29) is 17.6 Å². The highest BCUT2D eigenvalue weighted by Crippen LogP contribution is 2.19. The number of hydrogen-bond acceptors (Lipinski definition) is 3. The minimum absolute atomic E-state index is 0.0762. The Balaban J connectivity index is 1.99. The molecule has 0 aliphatic carbocycles. The van der Waals surface area contributed by atoms with E-state index in [1.165, 1.54) is 0 Å². The Labute approximate surface area is 108 Å². The van der Waals surface area contributed by atoms with Crippen molar-refractivity contribution in [3.8, 4) is 5.75 Å². The number of hydrogen-bond donors (Lipinski definition) is 2. The average molecular weight is 248 g/mol. The summed E-state index contributed by atoms with van der Waals surface area (Å²) in [6.45, 7) is 4.32. The van der Waals surface area contributed by atoms with Gasteiger partial charge in [-0.05, 0) is 30.2 Å². The molecule has 1 aromatic rings. The Morgan fingerprint density at radius 3 is 2.89 bits per heavy atom. The lowest BCUT2D eigenvalue weighted by molar-refractivity contribution is -0.135. The monoisotopic (exact) mass is 248 g/mol. The van der Waals surface area contributed by atoms with E-state index in [0.29, 0.717) is 12.5 Å². The highest BCUT2D eigenvalue weighted by atomic mass is 16.3. The zero-order valence-corrected chi connectivity index (χ0v) is 10.9. The molecule has 2 rings (SSSR count). The minimum atomic E-state index is 0.0762. The van der Waals surface area contributed by atoms with E-state index in [1.54, 1.807) is 23.1 Å². The van der Waals surface area contributed by atoms with Gasteiger partial charge in [-0.3, -0.25) is 4.79 Å². The van der Waals surface area contributed by atoms with Crippen molar-refractivity contribution in [1.82, 2.24) is 10.2 Å². The van der Waals surface area contributed by atoms with E-state index in [1.807, 2.05) is 13.1 Å². The molecule has 1 amide bonds. The van der Waals surface area contributed by atoms with E-state index in [0.717, 1.165) is 18.7 Å². The van der Waals surface area contributed by atoms with Crippen LogP contribution in [0.25, 0.3) is 0 Å². The van der Waals surface area contributed by atoms with Gasteiger partial charge in [0.1, 0.15) is 5.75 Å². The van der Waals surface area contributed by atoms with Crippen LogP contribution in [0.2, 0.25) is 0 Å². The molecule has 1 fully saturated rings. The molecule has 4 heteroatoms. The Kier molecular flexibility index (Phi) is 3.87. The first-order valence-corrected chi connectivity index (χ1v) is 6.31. The van der Waals surface area contributed by atoms with Gasteiger partial charge in [0.25, 0.3) is 0 Å². The van der Waals surface area contributed by atoms with Gasteiger partial charge in [0.15, 0.2) is 0 Å². The molecular formula is C14H20N2O2. The van der Waals surface area contributed by atoms with Crippen LogP contribution in [0.1, 0.15) is 12.5 Å². The van der Waals surface area contributed by atoms with E-state index in [9.17, 15) is 9.90 Å². The number of nitrogens with one attached hydrogen (secondary N) is 1. The van der Waals surface area contributed by atoms with Crippen molar-refractivity contribution < 1.29 is 9.90 Å². The summed E-state index contributed by atoms with van der Waals surface area (Å²) >= 11 is 0. The molecule has 0 bridgehead atoms. The summed E-state index contributed by atoms with van der Waals surface area (Å²) in [7, 11) is 1.82. The van der Waals surface area contributed by atoms with Crippen molar-refractivity contribution >= 4 is 5.91 Å². The van der Waals surface area contributed by atoms with Gasteiger partial charge in [-0.15, -0.1) is 0 Å². The van der Waals surface area contributed by atoms with Gasteiger partial charge >= 0.3 is 0 Å². The summed E-state index contributed by atoms with van der Waals surface area (Å²) in [5.41, 5.74) is 0.949. The van der Waals surface area contributed by atoms with Crippen LogP contribution in [0.3, 0.4) is 0 Å². The molecule has 2 atom stereocenters. The molecule has 0 unspecified atom stereocenters. The van der Waals surface area contributed by atoms with Crippen molar-refractivity contribution in [3.63, 3.8) is 0 Å². The number of carbonyl (C=O) groups excluding carboxylic acids is 1. The highest BCUT2D eigenvalue weighted by molar-refractivity contribution is 5.79. The van der Waals surface area contributed by atoms with Crippen LogP contribution in [0.15, 0.2) is 24.3 Å². The lowest BCUT2D eigenvalue weighted by Crippen LogP contribution is -2.35. The van der Waals surface area contributed by atoms with Crippen molar-refractivity contribution in [1.29, 1.82) is 0 Å². The van der Waals surface area contributed by atoms with Gasteiger partial charge in [-0.2, -0.15) is 0 Å². The Hall–Kier alpha value is -1.55. The molecule has 2 N–H and O–H groups in total. The van der Waals surface area contributed by atoms with Gasteiger partial charge < -0.3 is 15.3 Å². The largest absolute Gasteiger partial charge is 0.508 e. The van der Waals surface area contributed by atoms with E-state index < -0.39 is 0 Å². The predicted octanol–water partition coefficient (Wildman–Crippen LogP) is 1.21. The number of carbonyl (C=O) groups is 1. The van der Waals surface area contributed by atoms with Crippen molar-refractivity contribution in [2.24, 2.45) is 11.8 Å². The summed E-state index contributed by atoms with van der Waals surface area (Å²) in [5, 5.41) is 12.6. The van der Waals surface area contributed by atoms with E-state index in [2.05, 4.69) is 12.2 Å². The summed E-state index contributed by atoms with van der Waals surface area (Å²) in [6, 6.07) is 7.04. The molecule has 1 heterocycles. The second kappa shape index (κ2) is 5.40. The van der Waals surface area contributed by atoms with Gasteiger partial charge in [-0.1, -0.05) is 19.1 Å². The first-order chi connectivity index (χ1) is 8.58. The van der Waals surface area contributed by atoms with Gasteiger partial charge in [0.05, 0.1) is 5.92 Å². The SMILES string of the molecule is C[C@@H]1CNC[C@H]1C(=O)N(C)Cc1cccc(O)c1. The van der Waals surface area contributed by atoms with Crippen LogP contribution < -0.4 is 5.32 Å². The molecule has 1 aliphatic heterocycles. The van der Waals surface area contributed by atoms with E-state index >= 15 is 0 Å². The lowest BCUT2D eigenvalue weighted by atomic mass is 9.96. The normalized spacial score (nSPS) is 23.0. The number of benzene rings is 1. The number of phenols is 1. The van der Waals surface area contributed by atoms with Crippen LogP contribution in [0.5, 0.6) is 5.75 Å². The van der Waals surface area contributed by atoms with Crippen LogP contribution in [0.4, 0.5) is 0 Å². The van der Waals surface area contributed by atoms with Gasteiger partial charge in [0.2, 0.25) is 5.91 Å². The number of phenolic OH excluding ortho intramolecular Hbond substituents is 1. The third-order valence-electron chi connectivity index (χ3n) is 3.54. The second-order valence-corrected chi connectivity index (χ2v) is 5.11. The number of amides is 1. The summed E-state index contributed by atoms with van der Waals surface area (Å²) in [4.78, 5) is 14.0. The third kappa shape index (κ3) is 2.82. The van der Waals surface area contributed by atoms with Crippen molar-refractivity contribution in [2.75, 3.05) is 20.1 Å². The molecule has 0 aromatic heterocycles. The molecule has 0 spiro atoms. The summed E-state index contributed by atoms with van der Waals surface area (Å²) in [5.74, 6) is 0.886. The molecule has 0 saturated carbocycles. The smallest absolute Gasteiger partial charge is 0.227 e. The fourth-order valence-electron chi connectivity index (χ4n) is 2.43. The quantitative estimate of drug-likeness (QED) is 0.845. The Morgan fingerprint density at radius 2 is 2.28 bits per heavy atom. The topological polar surface area (TPSA) is 52.6 Å². The number of rotatable bonds is 3. The molecule has 18 heavy (non-hydrogen) atoms. The molecule has 0 radical (unpaired) electrons. The third-order valence-corrected chi connectivity index (χ3v) is 3.54. The standard InChI is InChI=1S/C14H20N2O2/c1-10-7-15-8-13(10)14(18)16(2)9-11-4-3-5-12(17)6-11/h3-6,10,13,15,17H,7-9H2,1-2H3/t10-,13-/m1/s1. The maximum Gasteiger partial charge on any atom is 0.227 e. The van der Waals surface area contributed by atoms with Crippen LogP contribution in [-0.4, -0.2) is 36.1 Å². The van der Waals surface area contributed by atoms with Crippen molar-refractivity contribution in [3.05, 3.63) is 29.8 Å². The van der Waals surface area contributed by atoms with Gasteiger partial charge in [-0.25, -0.2) is 0 Å². The summed E-state index contributed by atoms with van der Waals surface area (Å²) in [6.07, 6.45) is 0. The fourth-order valence-corrected chi connectivity index (χ4v) is 2.43. The fraction of sp³-hybridized carbons (Fsp3) is 0.500. The van der Waals surface area contributed by atoms with Crippen LogP contribution in [0, 0.1) is 11.8 Å². The average Bonchev–Trinajstić information content (AvgIpc) is 2.74. The molecule has 4 nitrogen and oxygen atoms in total. The van der Waals surface area contributed by atoms with Gasteiger partial charge in [0, 0.05) is 20.1 Å². The highest BCUT2D eigenvalue weighted by Gasteiger charge is 2.31. The predicted molar refractivity (Wildman–Crippen MR) is 70.1 cm³/mol. The number of nitrogens with zero attached hydrogens (tertiary/aromatic N) is 1. The second-order valence-electron chi connectivity index (χ2n) is 5.11. The van der Waals surface area contributed by atoms with Crippen LogP contribution >= 0.6 is 0 Å². The molecule has 1 saturated heterocycles. The molecular weight excluding hydrogens is 228 g/mol. The zero-order chi connectivity index (χ0) is 13.1. The maximum absolute atomic E-state index is 12.3. The van der Waals surface area contributed by atoms with Crippen molar-refractivity contribution in [2.45, 2.75) is 13.5 Å².